The van der Waals surface area contributed by atoms with E-state index in [-0.39, 0.29) is 5.56 Å². The molecule has 5 nitrogen and oxygen atoms in total. The summed E-state index contributed by atoms with van der Waals surface area (Å²) in [7, 11) is 0. The standard InChI is InChI=1S/C16H13N3O2/c20-16(21)13-6-8-17-15(11-13)19-14(7-9-18-19)10-12-4-2-1-3-5-12/h1-9,11H,10H2,(H,20,21). The highest BCUT2D eigenvalue weighted by Gasteiger charge is 2.10. The number of aromatic nitrogens is 3. The zero-order valence-corrected chi connectivity index (χ0v) is 11.2. The summed E-state index contributed by atoms with van der Waals surface area (Å²) in [5.74, 6) is -0.471. The summed E-state index contributed by atoms with van der Waals surface area (Å²) in [6, 6.07) is 14.9. The van der Waals surface area contributed by atoms with Gasteiger partial charge in [0.1, 0.15) is 0 Å². The summed E-state index contributed by atoms with van der Waals surface area (Å²) in [5, 5.41) is 13.3. The SMILES string of the molecule is O=C(O)c1ccnc(-n2nccc2Cc2ccccc2)c1. The zero-order chi connectivity index (χ0) is 14.7. The Morgan fingerprint density at radius 1 is 1.10 bits per heavy atom. The monoisotopic (exact) mass is 279 g/mol. The number of rotatable bonds is 4. The highest BCUT2D eigenvalue weighted by Crippen LogP contribution is 2.14. The number of hydrogen-bond donors (Lipinski definition) is 1. The third-order valence-electron chi connectivity index (χ3n) is 3.16. The van der Waals surface area contributed by atoms with E-state index in [4.69, 9.17) is 5.11 Å². The van der Waals surface area contributed by atoms with Crippen molar-refractivity contribution in [3.8, 4) is 5.82 Å². The molecule has 2 aromatic heterocycles. The largest absolute Gasteiger partial charge is 0.478 e. The molecule has 2 heterocycles. The Labute approximate surface area is 121 Å². The molecule has 5 heteroatoms. The molecule has 0 saturated carbocycles. The van der Waals surface area contributed by atoms with Crippen molar-refractivity contribution in [2.45, 2.75) is 6.42 Å². The Balaban J connectivity index is 1.95. The average molecular weight is 279 g/mol. The van der Waals surface area contributed by atoms with Crippen molar-refractivity contribution in [2.24, 2.45) is 0 Å². The molecule has 0 saturated heterocycles. The molecule has 1 N–H and O–H groups in total. The smallest absolute Gasteiger partial charge is 0.335 e. The van der Waals surface area contributed by atoms with Gasteiger partial charge in [-0.1, -0.05) is 30.3 Å². The molecule has 0 unspecified atom stereocenters. The van der Waals surface area contributed by atoms with E-state index in [0.717, 1.165) is 11.3 Å². The van der Waals surface area contributed by atoms with Gasteiger partial charge in [0.05, 0.1) is 11.3 Å². The van der Waals surface area contributed by atoms with Crippen LogP contribution in [0.5, 0.6) is 0 Å². The predicted octanol–water partition coefficient (Wildman–Crippen LogP) is 2.56. The molecule has 0 atom stereocenters. The molecule has 0 aliphatic heterocycles. The molecular weight excluding hydrogens is 266 g/mol. The quantitative estimate of drug-likeness (QED) is 0.797. The van der Waals surface area contributed by atoms with Gasteiger partial charge in [-0.3, -0.25) is 0 Å². The molecule has 3 aromatic rings. The van der Waals surface area contributed by atoms with Gasteiger partial charge in [-0.2, -0.15) is 5.10 Å². The van der Waals surface area contributed by atoms with Gasteiger partial charge < -0.3 is 5.11 Å². The Hall–Kier alpha value is -2.95. The van der Waals surface area contributed by atoms with Crippen molar-refractivity contribution in [1.29, 1.82) is 0 Å². The second-order valence-corrected chi connectivity index (χ2v) is 4.60. The van der Waals surface area contributed by atoms with E-state index in [9.17, 15) is 4.79 Å². The second kappa shape index (κ2) is 5.58. The van der Waals surface area contributed by atoms with E-state index in [0.29, 0.717) is 12.2 Å². The first kappa shape index (κ1) is 13.1. The van der Waals surface area contributed by atoms with Crippen molar-refractivity contribution in [1.82, 2.24) is 14.8 Å². The summed E-state index contributed by atoms with van der Waals surface area (Å²) in [6.07, 6.45) is 3.87. The van der Waals surface area contributed by atoms with Crippen molar-refractivity contribution in [3.63, 3.8) is 0 Å². The van der Waals surface area contributed by atoms with Gasteiger partial charge in [0, 0.05) is 18.8 Å². The van der Waals surface area contributed by atoms with Crippen LogP contribution in [0.2, 0.25) is 0 Å². The molecule has 21 heavy (non-hydrogen) atoms. The fourth-order valence-corrected chi connectivity index (χ4v) is 2.14. The number of pyridine rings is 1. The number of benzene rings is 1. The lowest BCUT2D eigenvalue weighted by atomic mass is 10.1. The van der Waals surface area contributed by atoms with Crippen molar-refractivity contribution < 1.29 is 9.90 Å². The minimum atomic E-state index is -0.976. The van der Waals surface area contributed by atoms with Crippen LogP contribution in [0.1, 0.15) is 21.6 Å². The number of nitrogens with zero attached hydrogens (tertiary/aromatic N) is 3. The van der Waals surface area contributed by atoms with Crippen LogP contribution in [-0.2, 0) is 6.42 Å². The molecule has 104 valence electrons. The normalized spacial score (nSPS) is 10.5. The lowest BCUT2D eigenvalue weighted by Gasteiger charge is -2.07. The van der Waals surface area contributed by atoms with Crippen LogP contribution in [0.25, 0.3) is 5.82 Å². The van der Waals surface area contributed by atoms with Crippen LogP contribution in [0.3, 0.4) is 0 Å². The highest BCUT2D eigenvalue weighted by molar-refractivity contribution is 5.87. The van der Waals surface area contributed by atoms with Crippen molar-refractivity contribution >= 4 is 5.97 Å². The topological polar surface area (TPSA) is 68.0 Å². The van der Waals surface area contributed by atoms with Crippen LogP contribution in [0.4, 0.5) is 0 Å². The van der Waals surface area contributed by atoms with Gasteiger partial charge in [-0.05, 0) is 23.8 Å². The second-order valence-electron chi connectivity index (χ2n) is 4.60. The molecular formula is C16H13N3O2. The van der Waals surface area contributed by atoms with Crippen LogP contribution in [0.15, 0.2) is 60.9 Å². The number of carboxylic acids is 1. The molecule has 0 aliphatic carbocycles. The summed E-state index contributed by atoms with van der Waals surface area (Å²) in [4.78, 5) is 15.2. The Morgan fingerprint density at radius 2 is 1.90 bits per heavy atom. The van der Waals surface area contributed by atoms with Gasteiger partial charge in [0.25, 0.3) is 0 Å². The van der Waals surface area contributed by atoms with E-state index >= 15 is 0 Å². The maximum absolute atomic E-state index is 11.0. The number of carboxylic acid groups (broad SMARTS) is 1. The summed E-state index contributed by atoms with van der Waals surface area (Å²) in [6.45, 7) is 0. The molecule has 0 fully saturated rings. The molecule has 0 radical (unpaired) electrons. The summed E-state index contributed by atoms with van der Waals surface area (Å²) >= 11 is 0. The van der Waals surface area contributed by atoms with Crippen LogP contribution >= 0.6 is 0 Å². The average Bonchev–Trinajstić information content (AvgIpc) is 2.96. The van der Waals surface area contributed by atoms with Gasteiger partial charge >= 0.3 is 5.97 Å². The summed E-state index contributed by atoms with van der Waals surface area (Å²) < 4.78 is 1.67. The molecule has 0 spiro atoms. The van der Waals surface area contributed by atoms with Gasteiger partial charge in [0.2, 0.25) is 0 Å². The van der Waals surface area contributed by atoms with Gasteiger partial charge in [-0.25, -0.2) is 14.5 Å². The van der Waals surface area contributed by atoms with Crippen molar-refractivity contribution in [2.75, 3.05) is 0 Å². The van der Waals surface area contributed by atoms with Crippen LogP contribution < -0.4 is 0 Å². The fraction of sp³-hybridized carbons (Fsp3) is 0.0625. The van der Waals surface area contributed by atoms with Gasteiger partial charge in [-0.15, -0.1) is 0 Å². The van der Waals surface area contributed by atoms with E-state index in [1.165, 1.54) is 18.3 Å². The third-order valence-corrected chi connectivity index (χ3v) is 3.16. The lowest BCUT2D eigenvalue weighted by Crippen LogP contribution is -2.07. The van der Waals surface area contributed by atoms with Gasteiger partial charge in [0.15, 0.2) is 5.82 Å². The first-order valence-corrected chi connectivity index (χ1v) is 6.50. The van der Waals surface area contributed by atoms with E-state index in [1.54, 1.807) is 10.9 Å². The fourth-order valence-electron chi connectivity index (χ4n) is 2.14. The van der Waals surface area contributed by atoms with Crippen LogP contribution in [-0.4, -0.2) is 25.8 Å². The minimum Gasteiger partial charge on any atom is -0.478 e. The highest BCUT2D eigenvalue weighted by atomic mass is 16.4. The number of carbonyl (C=O) groups is 1. The van der Waals surface area contributed by atoms with E-state index in [2.05, 4.69) is 10.1 Å². The lowest BCUT2D eigenvalue weighted by molar-refractivity contribution is 0.0696. The zero-order valence-electron chi connectivity index (χ0n) is 11.2. The number of aromatic carboxylic acids is 1. The maximum Gasteiger partial charge on any atom is 0.335 e. The number of hydrogen-bond acceptors (Lipinski definition) is 3. The molecule has 0 amide bonds. The first-order valence-electron chi connectivity index (χ1n) is 6.50. The molecule has 0 aliphatic rings. The first-order chi connectivity index (χ1) is 10.2. The maximum atomic E-state index is 11.0. The minimum absolute atomic E-state index is 0.196. The van der Waals surface area contributed by atoms with Crippen molar-refractivity contribution in [3.05, 3.63) is 77.7 Å². The van der Waals surface area contributed by atoms with E-state index < -0.39 is 5.97 Å². The molecule has 3 rings (SSSR count). The molecule has 0 bridgehead atoms. The summed E-state index contributed by atoms with van der Waals surface area (Å²) in [5.41, 5.74) is 2.31. The Kier molecular flexibility index (Phi) is 3.47. The van der Waals surface area contributed by atoms with Crippen LogP contribution in [0, 0.1) is 0 Å². The predicted molar refractivity (Wildman–Crippen MR) is 77.6 cm³/mol. The molecule has 1 aromatic carbocycles. The Morgan fingerprint density at radius 3 is 2.67 bits per heavy atom. The Bertz CT molecular complexity index is 766. The third kappa shape index (κ3) is 2.81. The van der Waals surface area contributed by atoms with E-state index in [1.807, 2.05) is 36.4 Å².